The zero-order chi connectivity index (χ0) is 14.4. The van der Waals surface area contributed by atoms with Crippen LogP contribution >= 0.6 is 0 Å². The van der Waals surface area contributed by atoms with Crippen LogP contribution in [0.3, 0.4) is 0 Å². The van der Waals surface area contributed by atoms with Crippen molar-refractivity contribution in [1.82, 2.24) is 5.32 Å². The number of nitrogens with one attached hydrogen (secondary N) is 1. The molecule has 1 aromatic rings. The smallest absolute Gasteiger partial charge is 0.240 e. The molecule has 1 aliphatic rings. The van der Waals surface area contributed by atoms with Crippen LogP contribution in [-0.2, 0) is 4.79 Å². The first kappa shape index (κ1) is 14.6. The van der Waals surface area contributed by atoms with Gasteiger partial charge in [-0.2, -0.15) is 5.26 Å². The lowest BCUT2D eigenvalue weighted by Gasteiger charge is -2.26. The van der Waals surface area contributed by atoms with E-state index in [0.29, 0.717) is 12.8 Å². The number of nitriles is 1. The van der Waals surface area contributed by atoms with E-state index in [1.807, 2.05) is 37.3 Å². The van der Waals surface area contributed by atoms with Crippen molar-refractivity contribution in [3.8, 4) is 6.07 Å². The van der Waals surface area contributed by atoms with Gasteiger partial charge in [0.1, 0.15) is 5.41 Å². The number of carbonyl (C=O) groups excluding carboxylic acids is 1. The van der Waals surface area contributed by atoms with Crippen molar-refractivity contribution in [2.45, 2.75) is 51.5 Å². The maximum absolute atomic E-state index is 12.6. The number of amides is 1. The second-order valence-corrected chi connectivity index (χ2v) is 5.71. The minimum atomic E-state index is -0.820. The van der Waals surface area contributed by atoms with Crippen LogP contribution in [0.15, 0.2) is 30.3 Å². The van der Waals surface area contributed by atoms with Crippen molar-refractivity contribution in [2.75, 3.05) is 0 Å². The molecule has 1 saturated carbocycles. The number of hydrogen-bond donors (Lipinski definition) is 1. The van der Waals surface area contributed by atoms with Crippen molar-refractivity contribution in [3.05, 3.63) is 35.9 Å². The summed E-state index contributed by atoms with van der Waals surface area (Å²) in [6.07, 6.45) is 5.59. The Morgan fingerprint density at radius 1 is 1.20 bits per heavy atom. The SMILES string of the molecule is C[C@H](NC(=O)C1(C#N)CCCCCC1)c1ccccc1. The quantitative estimate of drug-likeness (QED) is 0.851. The average Bonchev–Trinajstić information content (AvgIpc) is 2.74. The van der Waals surface area contributed by atoms with Crippen LogP contribution in [0.2, 0.25) is 0 Å². The largest absolute Gasteiger partial charge is 0.348 e. The lowest BCUT2D eigenvalue weighted by molar-refractivity contribution is -0.129. The lowest BCUT2D eigenvalue weighted by atomic mass is 9.80. The third kappa shape index (κ3) is 3.19. The molecule has 2 rings (SSSR count). The van der Waals surface area contributed by atoms with Crippen molar-refractivity contribution in [2.24, 2.45) is 5.41 Å². The highest BCUT2D eigenvalue weighted by Gasteiger charge is 2.39. The Balaban J connectivity index is 2.08. The van der Waals surface area contributed by atoms with Crippen molar-refractivity contribution in [1.29, 1.82) is 5.26 Å². The maximum atomic E-state index is 12.6. The minimum absolute atomic E-state index is 0.0582. The van der Waals surface area contributed by atoms with Crippen LogP contribution in [0, 0.1) is 16.7 Å². The molecule has 1 aromatic carbocycles. The third-order valence-corrected chi connectivity index (χ3v) is 4.25. The molecule has 0 radical (unpaired) electrons. The van der Waals surface area contributed by atoms with Gasteiger partial charge in [0.05, 0.1) is 12.1 Å². The van der Waals surface area contributed by atoms with E-state index in [0.717, 1.165) is 31.2 Å². The monoisotopic (exact) mass is 270 g/mol. The molecule has 0 bridgehead atoms. The molecule has 1 atom stereocenters. The topological polar surface area (TPSA) is 52.9 Å². The summed E-state index contributed by atoms with van der Waals surface area (Å²) in [5.74, 6) is -0.0988. The fraction of sp³-hybridized carbons (Fsp3) is 0.529. The fourth-order valence-corrected chi connectivity index (χ4v) is 2.88. The van der Waals surface area contributed by atoms with Gasteiger partial charge in [0.2, 0.25) is 5.91 Å². The van der Waals surface area contributed by atoms with Crippen LogP contribution in [0.1, 0.15) is 57.1 Å². The molecule has 3 nitrogen and oxygen atoms in total. The van der Waals surface area contributed by atoms with Gasteiger partial charge in [-0.15, -0.1) is 0 Å². The number of nitrogens with zero attached hydrogens (tertiary/aromatic N) is 1. The molecule has 0 aliphatic heterocycles. The summed E-state index contributed by atoms with van der Waals surface area (Å²) in [5.41, 5.74) is 0.252. The van der Waals surface area contributed by atoms with Gasteiger partial charge in [0.25, 0.3) is 0 Å². The molecule has 0 aromatic heterocycles. The van der Waals surface area contributed by atoms with Crippen molar-refractivity contribution >= 4 is 5.91 Å². The first-order chi connectivity index (χ1) is 9.68. The summed E-state index contributed by atoms with van der Waals surface area (Å²) in [7, 11) is 0. The first-order valence-electron chi connectivity index (χ1n) is 7.45. The van der Waals surface area contributed by atoms with Gasteiger partial charge >= 0.3 is 0 Å². The summed E-state index contributed by atoms with van der Waals surface area (Å²) in [6.45, 7) is 1.97. The first-order valence-corrected chi connectivity index (χ1v) is 7.45. The Kier molecular flexibility index (Phi) is 4.79. The summed E-state index contributed by atoms with van der Waals surface area (Å²) >= 11 is 0. The second-order valence-electron chi connectivity index (χ2n) is 5.71. The summed E-state index contributed by atoms with van der Waals surface area (Å²) in [5, 5.41) is 12.5. The molecule has 0 unspecified atom stereocenters. The van der Waals surface area contributed by atoms with Crippen LogP contribution < -0.4 is 5.32 Å². The lowest BCUT2D eigenvalue weighted by Crippen LogP contribution is -2.41. The van der Waals surface area contributed by atoms with E-state index in [9.17, 15) is 10.1 Å². The standard InChI is InChI=1S/C17H22N2O/c1-14(15-9-5-4-6-10-15)19-16(20)17(13-18)11-7-2-3-8-12-17/h4-6,9-10,14H,2-3,7-8,11-12H2,1H3,(H,19,20)/t14-/m0/s1. The van der Waals surface area contributed by atoms with E-state index in [2.05, 4.69) is 11.4 Å². The van der Waals surface area contributed by atoms with E-state index in [1.54, 1.807) is 0 Å². The Morgan fingerprint density at radius 2 is 1.80 bits per heavy atom. The van der Waals surface area contributed by atoms with Gasteiger partial charge < -0.3 is 5.32 Å². The normalized spacial score (nSPS) is 19.4. The Morgan fingerprint density at radius 3 is 2.35 bits per heavy atom. The Bertz CT molecular complexity index is 481. The highest BCUT2D eigenvalue weighted by Crippen LogP contribution is 2.35. The van der Waals surface area contributed by atoms with Crippen LogP contribution in [-0.4, -0.2) is 5.91 Å². The Hall–Kier alpha value is -1.82. The molecule has 3 heteroatoms. The number of carbonyl (C=O) groups is 1. The molecular formula is C17H22N2O. The van der Waals surface area contributed by atoms with Crippen molar-refractivity contribution in [3.63, 3.8) is 0 Å². The predicted molar refractivity (Wildman–Crippen MR) is 78.7 cm³/mol. The minimum Gasteiger partial charge on any atom is -0.348 e. The van der Waals surface area contributed by atoms with Crippen LogP contribution in [0.5, 0.6) is 0 Å². The molecular weight excluding hydrogens is 248 g/mol. The number of hydrogen-bond acceptors (Lipinski definition) is 2. The zero-order valence-electron chi connectivity index (χ0n) is 12.1. The van der Waals surface area contributed by atoms with Gasteiger partial charge in [0, 0.05) is 0 Å². The van der Waals surface area contributed by atoms with E-state index < -0.39 is 5.41 Å². The molecule has 0 spiro atoms. The molecule has 1 amide bonds. The van der Waals surface area contributed by atoms with Gasteiger partial charge in [-0.3, -0.25) is 4.79 Å². The summed E-state index contributed by atoms with van der Waals surface area (Å²) in [4.78, 5) is 12.6. The molecule has 1 N–H and O–H groups in total. The fourth-order valence-electron chi connectivity index (χ4n) is 2.88. The molecule has 20 heavy (non-hydrogen) atoms. The number of benzene rings is 1. The van der Waals surface area contributed by atoms with Crippen molar-refractivity contribution < 1.29 is 4.79 Å². The van der Waals surface area contributed by atoms with Crippen LogP contribution in [0.25, 0.3) is 0 Å². The van der Waals surface area contributed by atoms with Gasteiger partial charge in [-0.25, -0.2) is 0 Å². The highest BCUT2D eigenvalue weighted by molar-refractivity contribution is 5.85. The van der Waals surface area contributed by atoms with E-state index in [4.69, 9.17) is 0 Å². The summed E-state index contributed by atoms with van der Waals surface area (Å²) in [6, 6.07) is 12.1. The van der Waals surface area contributed by atoms with Gasteiger partial charge in [-0.1, -0.05) is 56.0 Å². The summed E-state index contributed by atoms with van der Waals surface area (Å²) < 4.78 is 0. The van der Waals surface area contributed by atoms with E-state index in [-0.39, 0.29) is 11.9 Å². The molecule has 106 valence electrons. The highest BCUT2D eigenvalue weighted by atomic mass is 16.2. The molecule has 1 aliphatic carbocycles. The van der Waals surface area contributed by atoms with E-state index >= 15 is 0 Å². The second kappa shape index (κ2) is 6.56. The van der Waals surface area contributed by atoms with Gasteiger partial charge in [-0.05, 0) is 25.3 Å². The Labute approximate surface area is 121 Å². The molecule has 0 heterocycles. The predicted octanol–water partition coefficient (Wildman–Crippen LogP) is 3.73. The molecule has 1 fully saturated rings. The zero-order valence-corrected chi connectivity index (χ0v) is 12.1. The average molecular weight is 270 g/mol. The third-order valence-electron chi connectivity index (χ3n) is 4.25. The van der Waals surface area contributed by atoms with Crippen LogP contribution in [0.4, 0.5) is 0 Å². The maximum Gasteiger partial charge on any atom is 0.240 e. The van der Waals surface area contributed by atoms with Gasteiger partial charge in [0.15, 0.2) is 0 Å². The number of rotatable bonds is 3. The van der Waals surface area contributed by atoms with E-state index in [1.165, 1.54) is 0 Å². The molecule has 0 saturated heterocycles.